The molecule has 0 bridgehead atoms. The molecule has 42 heavy (non-hydrogen) atoms. The zero-order valence-corrected chi connectivity index (χ0v) is 27.5. The monoisotopic (exact) mass is 581 g/mol. The summed E-state index contributed by atoms with van der Waals surface area (Å²) in [6.07, 6.45) is 8.84. The first-order valence-electron chi connectivity index (χ1n) is 17.2. The van der Waals surface area contributed by atoms with Crippen molar-refractivity contribution in [2.75, 3.05) is 6.61 Å². The SMILES string of the molecule is CC[C@@H]1C2C[C@H](O)CC[C@]2(C)C2CC[C@@]3(C)C(CC[C@@H]3[C@H](C)CCOC(=O)NCc3ccc(C(C)(C)C)cc3)C2[C@@H]1O. The molecule has 5 rings (SSSR count). The van der Waals surface area contributed by atoms with E-state index in [4.69, 9.17) is 4.74 Å². The van der Waals surface area contributed by atoms with Gasteiger partial charge in [0.15, 0.2) is 0 Å². The predicted molar refractivity (Wildman–Crippen MR) is 169 cm³/mol. The average molecular weight is 582 g/mol. The van der Waals surface area contributed by atoms with Gasteiger partial charge in [-0.2, -0.15) is 0 Å². The van der Waals surface area contributed by atoms with Crippen molar-refractivity contribution < 1.29 is 19.7 Å². The Kier molecular flexibility index (Phi) is 9.14. The number of nitrogens with one attached hydrogen (secondary N) is 1. The lowest BCUT2D eigenvalue weighted by Gasteiger charge is -2.64. The van der Waals surface area contributed by atoms with E-state index in [-0.39, 0.29) is 34.5 Å². The summed E-state index contributed by atoms with van der Waals surface area (Å²) in [6, 6.07) is 8.44. The molecule has 4 aliphatic carbocycles. The van der Waals surface area contributed by atoms with Gasteiger partial charge in [0.05, 0.1) is 18.8 Å². The number of benzene rings is 1. The highest BCUT2D eigenvalue weighted by molar-refractivity contribution is 5.67. The van der Waals surface area contributed by atoms with Crippen LogP contribution in [0.25, 0.3) is 0 Å². The van der Waals surface area contributed by atoms with Crippen molar-refractivity contribution in [3.8, 4) is 0 Å². The smallest absolute Gasteiger partial charge is 0.407 e. The van der Waals surface area contributed by atoms with E-state index in [1.807, 2.05) is 0 Å². The molecule has 0 radical (unpaired) electrons. The van der Waals surface area contributed by atoms with E-state index in [0.29, 0.717) is 54.6 Å². The molecule has 3 N–H and O–H groups in total. The van der Waals surface area contributed by atoms with E-state index in [0.717, 1.165) is 37.7 Å². The Bertz CT molecular complexity index is 1080. The molecule has 0 aromatic heterocycles. The molecule has 236 valence electrons. The van der Waals surface area contributed by atoms with Crippen LogP contribution in [0.5, 0.6) is 0 Å². The standard InChI is InChI=1S/C37H59NO4/c1-8-27-31-21-26(39)15-18-37(31,7)30-16-19-36(6)28(13-14-29(36)32(30)33(27)40)23(2)17-20-42-34(41)38-22-24-9-11-25(12-10-24)35(3,4)5/h9-12,23,26-33,39-40H,8,13-22H2,1-7H3,(H,38,41)/t23-,26-,27-,28-,29?,30?,31?,32?,33-,36-,37-/m1/s1. The Labute approximate surface area is 255 Å². The van der Waals surface area contributed by atoms with E-state index in [1.165, 1.54) is 31.2 Å². The Morgan fingerprint density at radius 3 is 2.33 bits per heavy atom. The first-order chi connectivity index (χ1) is 19.8. The minimum atomic E-state index is -0.338. The van der Waals surface area contributed by atoms with E-state index in [1.54, 1.807) is 0 Å². The second-order valence-electron chi connectivity index (χ2n) is 16.3. The molecule has 4 fully saturated rings. The van der Waals surface area contributed by atoms with Gasteiger partial charge in [-0.15, -0.1) is 0 Å². The number of fused-ring (bicyclic) bond motifs is 5. The van der Waals surface area contributed by atoms with E-state index >= 15 is 0 Å². The lowest BCUT2D eigenvalue weighted by atomic mass is 9.41. The van der Waals surface area contributed by atoms with Gasteiger partial charge >= 0.3 is 6.09 Å². The van der Waals surface area contributed by atoms with Crippen LogP contribution in [0.15, 0.2) is 24.3 Å². The molecule has 0 aliphatic heterocycles. The van der Waals surface area contributed by atoms with Crippen LogP contribution >= 0.6 is 0 Å². The Morgan fingerprint density at radius 2 is 1.67 bits per heavy atom. The maximum Gasteiger partial charge on any atom is 0.407 e. The maximum absolute atomic E-state index is 12.5. The topological polar surface area (TPSA) is 78.8 Å². The van der Waals surface area contributed by atoms with Gasteiger partial charge in [0.2, 0.25) is 0 Å². The van der Waals surface area contributed by atoms with E-state index < -0.39 is 0 Å². The third-order valence-corrected chi connectivity index (χ3v) is 13.2. The lowest BCUT2D eigenvalue weighted by Crippen LogP contribution is -2.62. The summed E-state index contributed by atoms with van der Waals surface area (Å²) in [5, 5.41) is 25.4. The summed E-state index contributed by atoms with van der Waals surface area (Å²) in [4.78, 5) is 12.5. The van der Waals surface area contributed by atoms with Gasteiger partial charge in [-0.05, 0) is 120 Å². The largest absolute Gasteiger partial charge is 0.450 e. The summed E-state index contributed by atoms with van der Waals surface area (Å²) < 4.78 is 5.64. The van der Waals surface area contributed by atoms with Crippen molar-refractivity contribution in [2.24, 2.45) is 52.3 Å². The minimum Gasteiger partial charge on any atom is -0.450 e. The summed E-state index contributed by atoms with van der Waals surface area (Å²) >= 11 is 0. The van der Waals surface area contributed by atoms with E-state index in [9.17, 15) is 15.0 Å². The molecule has 5 heteroatoms. The summed E-state index contributed by atoms with van der Waals surface area (Å²) in [6.45, 7) is 17.2. The third-order valence-electron chi connectivity index (χ3n) is 13.2. The van der Waals surface area contributed by atoms with Crippen LogP contribution in [0.3, 0.4) is 0 Å². The number of hydrogen-bond donors (Lipinski definition) is 3. The van der Waals surface area contributed by atoms with Crippen molar-refractivity contribution in [1.82, 2.24) is 5.32 Å². The Morgan fingerprint density at radius 1 is 1.00 bits per heavy atom. The molecule has 1 aromatic rings. The number of rotatable bonds is 7. The molecule has 0 spiro atoms. The van der Waals surface area contributed by atoms with Crippen molar-refractivity contribution >= 4 is 6.09 Å². The minimum absolute atomic E-state index is 0.118. The van der Waals surface area contributed by atoms with Gasteiger partial charge in [0, 0.05) is 6.54 Å². The number of ether oxygens (including phenoxy) is 1. The van der Waals surface area contributed by atoms with Gasteiger partial charge in [0.25, 0.3) is 0 Å². The van der Waals surface area contributed by atoms with E-state index in [2.05, 4.69) is 78.0 Å². The van der Waals surface area contributed by atoms with Crippen LogP contribution in [0, 0.1) is 52.3 Å². The van der Waals surface area contributed by atoms with Gasteiger partial charge in [-0.1, -0.05) is 79.2 Å². The lowest BCUT2D eigenvalue weighted by molar-refractivity contribution is -0.203. The molecule has 1 amide bonds. The summed E-state index contributed by atoms with van der Waals surface area (Å²) in [5.41, 5.74) is 2.96. The maximum atomic E-state index is 12.5. The van der Waals surface area contributed by atoms with Gasteiger partial charge in [0.1, 0.15) is 0 Å². The average Bonchev–Trinajstić information content (AvgIpc) is 3.30. The highest BCUT2D eigenvalue weighted by atomic mass is 16.5. The summed E-state index contributed by atoms with van der Waals surface area (Å²) in [5.74, 6) is 3.32. The molecule has 4 aliphatic rings. The zero-order chi connectivity index (χ0) is 30.4. The van der Waals surface area contributed by atoms with Crippen LogP contribution in [-0.4, -0.2) is 35.1 Å². The fourth-order valence-electron chi connectivity index (χ4n) is 10.8. The first kappa shape index (κ1) is 31.8. The van der Waals surface area contributed by atoms with Crippen molar-refractivity contribution in [3.05, 3.63) is 35.4 Å². The normalized spacial score (nSPS) is 40.4. The van der Waals surface area contributed by atoms with Crippen LogP contribution in [-0.2, 0) is 16.7 Å². The second kappa shape index (κ2) is 12.1. The predicted octanol–water partition coefficient (Wildman–Crippen LogP) is 7.86. The molecule has 4 unspecified atom stereocenters. The molecule has 0 heterocycles. The van der Waals surface area contributed by atoms with Crippen LogP contribution < -0.4 is 5.32 Å². The van der Waals surface area contributed by atoms with Gasteiger partial charge in [-0.25, -0.2) is 4.79 Å². The quantitative estimate of drug-likeness (QED) is 0.306. The number of hydrogen-bond acceptors (Lipinski definition) is 4. The molecule has 4 saturated carbocycles. The van der Waals surface area contributed by atoms with Gasteiger partial charge < -0.3 is 20.3 Å². The number of alkyl carbamates (subject to hydrolysis) is 1. The molecular weight excluding hydrogens is 522 g/mol. The molecule has 5 nitrogen and oxygen atoms in total. The first-order valence-corrected chi connectivity index (χ1v) is 17.2. The molecule has 1 aromatic carbocycles. The number of amides is 1. The molecule has 11 atom stereocenters. The summed E-state index contributed by atoms with van der Waals surface area (Å²) in [7, 11) is 0. The third kappa shape index (κ3) is 5.78. The van der Waals surface area contributed by atoms with Crippen LogP contribution in [0.2, 0.25) is 0 Å². The van der Waals surface area contributed by atoms with Gasteiger partial charge in [-0.3, -0.25) is 0 Å². The number of aliphatic hydroxyl groups is 2. The molecular formula is C37H59NO4. The van der Waals surface area contributed by atoms with Crippen LogP contribution in [0.4, 0.5) is 4.79 Å². The number of aliphatic hydroxyl groups excluding tert-OH is 2. The van der Waals surface area contributed by atoms with Crippen molar-refractivity contribution in [2.45, 2.75) is 130 Å². The zero-order valence-electron chi connectivity index (χ0n) is 27.5. The highest BCUT2D eigenvalue weighted by Crippen LogP contribution is 2.69. The number of carbonyl (C=O) groups is 1. The fourth-order valence-corrected chi connectivity index (χ4v) is 10.8. The number of carbonyl (C=O) groups excluding carboxylic acids is 1. The van der Waals surface area contributed by atoms with Crippen molar-refractivity contribution in [1.29, 1.82) is 0 Å². The van der Waals surface area contributed by atoms with Crippen molar-refractivity contribution in [3.63, 3.8) is 0 Å². The highest BCUT2D eigenvalue weighted by Gasteiger charge is 2.64. The van der Waals surface area contributed by atoms with Crippen LogP contribution in [0.1, 0.15) is 117 Å². The second-order valence-corrected chi connectivity index (χ2v) is 16.3. The fraction of sp³-hybridized carbons (Fsp3) is 0.811. The Balaban J connectivity index is 1.16. The molecule has 0 saturated heterocycles. The Hall–Kier alpha value is -1.59.